The Morgan fingerprint density at radius 1 is 0.306 bits per heavy atom. The van der Waals surface area contributed by atoms with Gasteiger partial charge < -0.3 is 28.2 Å². The van der Waals surface area contributed by atoms with Crippen molar-refractivity contribution in [2.24, 2.45) is 0 Å². The van der Waals surface area contributed by atoms with Crippen LogP contribution in [0.2, 0.25) is 0 Å². The maximum atomic E-state index is 6.20. The molecule has 3 aromatic carbocycles. The minimum absolute atomic E-state index is 0.620. The predicted octanol–water partition coefficient (Wildman–Crippen LogP) is 12.4. The molecule has 0 saturated carbocycles. The average molecular weight is 675 g/mol. The maximum absolute atomic E-state index is 6.20. The van der Waals surface area contributed by atoms with E-state index in [0.717, 1.165) is 56.3 Å². The van der Waals surface area contributed by atoms with E-state index < -0.39 is 7.32 Å². The van der Waals surface area contributed by atoms with Crippen molar-refractivity contribution in [1.82, 2.24) is 0 Å². The highest BCUT2D eigenvalue weighted by Crippen LogP contribution is 2.24. The van der Waals surface area contributed by atoms with E-state index in [1.807, 2.05) is 72.8 Å². The summed E-state index contributed by atoms with van der Waals surface area (Å²) in [4.78, 5) is 0. The second kappa shape index (κ2) is 26.4. The fraction of sp³-hybridized carbons (Fsp3) is 0.571. The Kier molecular flexibility index (Phi) is 21.5. The zero-order valence-electron chi connectivity index (χ0n) is 30.8. The van der Waals surface area contributed by atoms with E-state index in [1.54, 1.807) is 0 Å². The van der Waals surface area contributed by atoms with Gasteiger partial charge in [0.2, 0.25) is 0 Å². The minimum Gasteiger partial charge on any atom is -0.494 e. The zero-order chi connectivity index (χ0) is 34.6. The average Bonchev–Trinajstić information content (AvgIpc) is 3.12. The monoisotopic (exact) mass is 674 g/mol. The number of rotatable bonds is 30. The van der Waals surface area contributed by atoms with Crippen molar-refractivity contribution in [2.45, 2.75) is 136 Å². The van der Waals surface area contributed by atoms with Gasteiger partial charge in [-0.2, -0.15) is 0 Å². The summed E-state index contributed by atoms with van der Waals surface area (Å²) in [6.45, 7) is 8.89. The van der Waals surface area contributed by atoms with Crippen LogP contribution in [0.15, 0.2) is 72.8 Å². The van der Waals surface area contributed by atoms with E-state index in [2.05, 4.69) is 20.8 Å². The molecule has 0 aromatic heterocycles. The summed E-state index contributed by atoms with van der Waals surface area (Å²) in [5, 5.41) is 0. The minimum atomic E-state index is -1.01. The molecule has 0 N–H and O–H groups in total. The Labute approximate surface area is 298 Å². The highest BCUT2D eigenvalue weighted by atomic mass is 16.7. The van der Waals surface area contributed by atoms with Gasteiger partial charge in [0.05, 0.1) is 19.8 Å². The van der Waals surface area contributed by atoms with E-state index in [-0.39, 0.29) is 0 Å². The van der Waals surface area contributed by atoms with Crippen molar-refractivity contribution >= 4 is 7.32 Å². The van der Waals surface area contributed by atoms with Crippen LogP contribution in [0.1, 0.15) is 136 Å². The molecule has 7 heteroatoms. The molecule has 0 heterocycles. The Balaban J connectivity index is 1.53. The lowest BCUT2D eigenvalue weighted by Crippen LogP contribution is -2.36. The molecule has 49 heavy (non-hydrogen) atoms. The van der Waals surface area contributed by atoms with Gasteiger partial charge in [-0.25, -0.2) is 0 Å². The van der Waals surface area contributed by atoms with Crippen LogP contribution in [0.3, 0.4) is 0 Å². The van der Waals surface area contributed by atoms with Gasteiger partial charge in [-0.1, -0.05) is 117 Å². The van der Waals surface area contributed by atoms with Crippen molar-refractivity contribution in [1.29, 1.82) is 0 Å². The number of hydrogen-bond acceptors (Lipinski definition) is 6. The molecule has 0 aliphatic carbocycles. The van der Waals surface area contributed by atoms with E-state index in [4.69, 9.17) is 28.2 Å². The standard InChI is InChI=1S/C42H63BO6/c1-4-7-10-13-16-19-34-44-37-22-28-40(29-23-37)47-43(48-41-30-24-38(25-31-41)45-35-20-17-14-11-8-5-2)49-42-32-26-39(27-33-42)46-36-21-18-15-12-9-6-3/h22-33H,4-21,34-36H2,1-3H3. The molecule has 0 atom stereocenters. The molecule has 0 radical (unpaired) electrons. The third-order valence-electron chi connectivity index (χ3n) is 8.47. The van der Waals surface area contributed by atoms with Gasteiger partial charge in [-0.15, -0.1) is 0 Å². The summed E-state index contributed by atoms with van der Waals surface area (Å²) in [5.41, 5.74) is 0. The highest BCUT2D eigenvalue weighted by Gasteiger charge is 2.30. The van der Waals surface area contributed by atoms with Gasteiger partial charge in [-0.3, -0.25) is 0 Å². The predicted molar refractivity (Wildman–Crippen MR) is 204 cm³/mol. The van der Waals surface area contributed by atoms with Crippen LogP contribution in [0.5, 0.6) is 34.5 Å². The third-order valence-corrected chi connectivity index (χ3v) is 8.47. The van der Waals surface area contributed by atoms with E-state index >= 15 is 0 Å². The fourth-order valence-corrected chi connectivity index (χ4v) is 5.47. The van der Waals surface area contributed by atoms with Gasteiger partial charge in [0.15, 0.2) is 0 Å². The quantitative estimate of drug-likeness (QED) is 0.0518. The first-order valence-electron chi connectivity index (χ1n) is 19.4. The van der Waals surface area contributed by atoms with Gasteiger partial charge >= 0.3 is 7.32 Å². The van der Waals surface area contributed by atoms with Crippen LogP contribution in [-0.2, 0) is 0 Å². The Morgan fingerprint density at radius 2 is 0.531 bits per heavy atom. The lowest BCUT2D eigenvalue weighted by molar-refractivity contribution is 0.296. The molecular weight excluding hydrogens is 611 g/mol. The van der Waals surface area contributed by atoms with E-state index in [9.17, 15) is 0 Å². The number of benzene rings is 3. The second-order valence-electron chi connectivity index (χ2n) is 12.9. The largest absolute Gasteiger partial charge is 0.864 e. The summed E-state index contributed by atoms with van der Waals surface area (Å²) in [7, 11) is -1.01. The third kappa shape index (κ3) is 18.8. The molecule has 0 saturated heterocycles. The van der Waals surface area contributed by atoms with Crippen molar-refractivity contribution in [3.8, 4) is 34.5 Å². The van der Waals surface area contributed by atoms with Crippen LogP contribution in [0, 0.1) is 0 Å². The Hall–Kier alpha value is -3.48. The summed E-state index contributed by atoms with van der Waals surface area (Å²) < 4.78 is 36.5. The van der Waals surface area contributed by atoms with Crippen LogP contribution < -0.4 is 28.2 Å². The van der Waals surface area contributed by atoms with E-state index in [0.29, 0.717) is 17.2 Å². The molecule has 0 aliphatic heterocycles. The second-order valence-corrected chi connectivity index (χ2v) is 12.9. The number of unbranched alkanes of at least 4 members (excludes halogenated alkanes) is 15. The van der Waals surface area contributed by atoms with Crippen LogP contribution >= 0.6 is 0 Å². The fourth-order valence-electron chi connectivity index (χ4n) is 5.47. The van der Waals surface area contributed by atoms with Gasteiger partial charge in [0.1, 0.15) is 34.5 Å². The van der Waals surface area contributed by atoms with Gasteiger partial charge in [0.25, 0.3) is 0 Å². The molecule has 0 amide bonds. The topological polar surface area (TPSA) is 55.4 Å². The summed E-state index contributed by atoms with van der Waals surface area (Å²) in [6, 6.07) is 22.9. The summed E-state index contributed by atoms with van der Waals surface area (Å²) in [5.74, 6) is 4.34. The smallest absolute Gasteiger partial charge is 0.494 e. The molecule has 0 aliphatic rings. The first kappa shape index (κ1) is 40.0. The highest BCUT2D eigenvalue weighted by molar-refractivity contribution is 6.39. The summed E-state index contributed by atoms with van der Waals surface area (Å²) >= 11 is 0. The van der Waals surface area contributed by atoms with Crippen molar-refractivity contribution in [2.75, 3.05) is 19.8 Å². The molecule has 0 fully saturated rings. The Bertz CT molecular complexity index is 1030. The van der Waals surface area contributed by atoms with Crippen molar-refractivity contribution in [3.05, 3.63) is 72.8 Å². The maximum Gasteiger partial charge on any atom is 0.864 e. The molecule has 0 bridgehead atoms. The molecule has 0 unspecified atom stereocenters. The SMILES string of the molecule is CCCCCCCCOc1ccc(OB(Oc2ccc(OCCCCCCCC)cc2)Oc2ccc(OCCCCCCCC)cc2)cc1. The van der Waals surface area contributed by atoms with Crippen molar-refractivity contribution in [3.63, 3.8) is 0 Å². The number of hydrogen-bond donors (Lipinski definition) is 0. The Morgan fingerprint density at radius 3 is 0.796 bits per heavy atom. The van der Waals surface area contributed by atoms with Crippen LogP contribution in [0.4, 0.5) is 0 Å². The van der Waals surface area contributed by atoms with Crippen molar-refractivity contribution < 1.29 is 28.2 Å². The van der Waals surface area contributed by atoms with Crippen LogP contribution in [0.25, 0.3) is 0 Å². The lowest BCUT2D eigenvalue weighted by Gasteiger charge is -2.17. The molecular formula is C42H63BO6. The molecule has 3 aromatic rings. The van der Waals surface area contributed by atoms with Crippen LogP contribution in [-0.4, -0.2) is 27.1 Å². The van der Waals surface area contributed by atoms with E-state index in [1.165, 1.54) is 96.3 Å². The first-order chi connectivity index (χ1) is 24.2. The van der Waals surface area contributed by atoms with Gasteiger partial charge in [-0.05, 0) is 92.1 Å². The zero-order valence-corrected chi connectivity index (χ0v) is 30.8. The lowest BCUT2D eigenvalue weighted by atomic mass is 10.1. The molecule has 3 rings (SSSR count). The molecule has 6 nitrogen and oxygen atoms in total. The number of ether oxygens (including phenoxy) is 3. The first-order valence-corrected chi connectivity index (χ1v) is 19.4. The molecule has 270 valence electrons. The molecule has 0 spiro atoms. The normalized spacial score (nSPS) is 10.8. The summed E-state index contributed by atoms with van der Waals surface area (Å²) in [6.07, 6.45) is 22.3. The van der Waals surface area contributed by atoms with Gasteiger partial charge in [0, 0.05) is 0 Å².